The van der Waals surface area contributed by atoms with Crippen LogP contribution < -0.4 is 21.7 Å². The standard InChI is InChI=1S/C27H30N6O5/c1-15(32-26(36)20(28)10-16-12-29-21-8-4-2-6-18(16)21)25(35)31-14-24(34)33-23(27(37)38)11-17-13-30-22-9-5-3-7-19(17)22/h2-9,12-13,15,20,23,29-30H,10-11,14,28H2,1H3,(H,31,35)(H,32,36)(H,33,34)(H,37,38). The third-order valence-corrected chi connectivity index (χ3v) is 6.36. The molecule has 3 unspecified atom stereocenters. The maximum atomic E-state index is 12.5. The summed E-state index contributed by atoms with van der Waals surface area (Å²) >= 11 is 0. The Bertz CT molecular complexity index is 1470. The monoisotopic (exact) mass is 518 g/mol. The number of hydrogen-bond donors (Lipinski definition) is 7. The Morgan fingerprint density at radius 1 is 0.842 bits per heavy atom. The predicted molar refractivity (Wildman–Crippen MR) is 142 cm³/mol. The van der Waals surface area contributed by atoms with Crippen LogP contribution in [0.2, 0.25) is 0 Å². The lowest BCUT2D eigenvalue weighted by Gasteiger charge is -2.18. The normalized spacial score (nSPS) is 13.5. The summed E-state index contributed by atoms with van der Waals surface area (Å²) in [6, 6.07) is 12.1. The zero-order chi connectivity index (χ0) is 27.2. The van der Waals surface area contributed by atoms with E-state index < -0.39 is 48.4 Å². The molecule has 11 heteroatoms. The molecule has 0 bridgehead atoms. The summed E-state index contributed by atoms with van der Waals surface area (Å²) < 4.78 is 0. The maximum absolute atomic E-state index is 12.5. The van der Waals surface area contributed by atoms with Crippen LogP contribution in [0.5, 0.6) is 0 Å². The van der Waals surface area contributed by atoms with Gasteiger partial charge in [0, 0.05) is 40.6 Å². The van der Waals surface area contributed by atoms with Crippen LogP contribution in [-0.2, 0) is 32.0 Å². The number of nitrogens with one attached hydrogen (secondary N) is 5. The van der Waals surface area contributed by atoms with Crippen LogP contribution in [0.1, 0.15) is 18.1 Å². The molecule has 0 aliphatic rings. The van der Waals surface area contributed by atoms with Crippen molar-refractivity contribution in [2.45, 2.75) is 37.9 Å². The van der Waals surface area contributed by atoms with E-state index in [1.165, 1.54) is 6.92 Å². The van der Waals surface area contributed by atoms with E-state index in [2.05, 4.69) is 25.9 Å². The van der Waals surface area contributed by atoms with Gasteiger partial charge in [0.05, 0.1) is 12.6 Å². The summed E-state index contributed by atoms with van der Waals surface area (Å²) in [7, 11) is 0. The molecule has 0 saturated heterocycles. The Morgan fingerprint density at radius 3 is 1.97 bits per heavy atom. The third kappa shape index (κ3) is 6.19. The van der Waals surface area contributed by atoms with Gasteiger partial charge in [0.25, 0.3) is 0 Å². The summed E-state index contributed by atoms with van der Waals surface area (Å²) in [5.41, 5.74) is 9.50. The molecule has 2 aromatic heterocycles. The number of carboxylic acid groups (broad SMARTS) is 1. The molecule has 0 fully saturated rings. The van der Waals surface area contributed by atoms with Gasteiger partial charge in [-0.15, -0.1) is 0 Å². The molecular weight excluding hydrogens is 488 g/mol. The number of aromatic amines is 2. The number of rotatable bonds is 11. The number of carboxylic acids is 1. The van der Waals surface area contributed by atoms with Crippen LogP contribution in [0.25, 0.3) is 21.8 Å². The van der Waals surface area contributed by atoms with Crippen molar-refractivity contribution in [3.8, 4) is 0 Å². The number of para-hydroxylation sites is 2. The Balaban J connectivity index is 1.25. The minimum absolute atomic E-state index is 0.0693. The van der Waals surface area contributed by atoms with Crippen LogP contribution in [0.15, 0.2) is 60.9 Å². The van der Waals surface area contributed by atoms with Gasteiger partial charge in [-0.1, -0.05) is 36.4 Å². The lowest BCUT2D eigenvalue weighted by Crippen LogP contribution is -2.52. The van der Waals surface area contributed by atoms with Crippen molar-refractivity contribution in [1.82, 2.24) is 25.9 Å². The van der Waals surface area contributed by atoms with E-state index in [1.54, 1.807) is 12.4 Å². The van der Waals surface area contributed by atoms with Gasteiger partial charge >= 0.3 is 5.97 Å². The second-order valence-corrected chi connectivity index (χ2v) is 9.14. The largest absolute Gasteiger partial charge is 0.480 e. The van der Waals surface area contributed by atoms with Crippen LogP contribution in [0, 0.1) is 0 Å². The molecule has 38 heavy (non-hydrogen) atoms. The fourth-order valence-corrected chi connectivity index (χ4v) is 4.30. The number of carbonyl (C=O) groups is 4. The van der Waals surface area contributed by atoms with E-state index in [1.807, 2.05) is 48.5 Å². The van der Waals surface area contributed by atoms with E-state index in [4.69, 9.17) is 5.73 Å². The van der Waals surface area contributed by atoms with Gasteiger partial charge in [-0.25, -0.2) is 4.79 Å². The quantitative estimate of drug-likeness (QED) is 0.155. The van der Waals surface area contributed by atoms with Gasteiger partial charge in [-0.05, 0) is 36.6 Å². The first-order chi connectivity index (χ1) is 18.2. The minimum atomic E-state index is -1.19. The molecule has 8 N–H and O–H groups in total. The molecule has 4 aromatic rings. The number of hydrogen-bond acceptors (Lipinski definition) is 5. The topological polar surface area (TPSA) is 182 Å². The average Bonchev–Trinajstić information content (AvgIpc) is 3.51. The fraction of sp³-hybridized carbons (Fsp3) is 0.259. The maximum Gasteiger partial charge on any atom is 0.326 e. The molecule has 3 amide bonds. The number of aromatic nitrogens is 2. The van der Waals surface area contributed by atoms with E-state index in [-0.39, 0.29) is 12.8 Å². The van der Waals surface area contributed by atoms with Gasteiger partial charge in [-0.3, -0.25) is 14.4 Å². The summed E-state index contributed by atoms with van der Waals surface area (Å²) in [5, 5.41) is 18.8. The van der Waals surface area contributed by atoms with Crippen LogP contribution in [0.4, 0.5) is 0 Å². The molecule has 0 radical (unpaired) electrons. The minimum Gasteiger partial charge on any atom is -0.480 e. The van der Waals surface area contributed by atoms with E-state index in [0.717, 1.165) is 32.9 Å². The SMILES string of the molecule is CC(NC(=O)C(N)Cc1c[nH]c2ccccc12)C(=O)NCC(=O)NC(Cc1c[nH]c2ccccc12)C(=O)O. The summed E-state index contributed by atoms with van der Waals surface area (Å²) in [5.74, 6) is -2.97. The van der Waals surface area contributed by atoms with E-state index >= 15 is 0 Å². The zero-order valence-electron chi connectivity index (χ0n) is 20.8. The molecule has 11 nitrogen and oxygen atoms in total. The number of benzene rings is 2. The number of aliphatic carboxylic acids is 1. The van der Waals surface area contributed by atoms with Crippen molar-refractivity contribution in [3.63, 3.8) is 0 Å². The van der Waals surface area contributed by atoms with Crippen molar-refractivity contribution in [2.75, 3.05) is 6.54 Å². The van der Waals surface area contributed by atoms with E-state index in [0.29, 0.717) is 0 Å². The van der Waals surface area contributed by atoms with Crippen molar-refractivity contribution >= 4 is 45.5 Å². The summed E-state index contributed by atoms with van der Waals surface area (Å²) in [6.45, 7) is 1.03. The van der Waals surface area contributed by atoms with Crippen LogP contribution in [0.3, 0.4) is 0 Å². The molecule has 198 valence electrons. The molecule has 4 rings (SSSR count). The average molecular weight is 519 g/mol. The summed E-state index contributed by atoms with van der Waals surface area (Å²) in [4.78, 5) is 55.3. The first-order valence-corrected chi connectivity index (χ1v) is 12.2. The smallest absolute Gasteiger partial charge is 0.326 e. The van der Waals surface area contributed by atoms with E-state index in [9.17, 15) is 24.3 Å². The molecule has 2 aromatic carbocycles. The molecular formula is C27H30N6O5. The van der Waals surface area contributed by atoms with Gasteiger partial charge in [-0.2, -0.15) is 0 Å². The van der Waals surface area contributed by atoms with Crippen LogP contribution >= 0.6 is 0 Å². The number of carbonyl (C=O) groups excluding carboxylic acids is 3. The second-order valence-electron chi connectivity index (χ2n) is 9.14. The van der Waals surface area contributed by atoms with Crippen LogP contribution in [-0.4, -0.2) is 63.4 Å². The van der Waals surface area contributed by atoms with Crippen molar-refractivity contribution in [2.24, 2.45) is 5.73 Å². The molecule has 0 saturated carbocycles. The van der Waals surface area contributed by atoms with Gasteiger partial charge < -0.3 is 36.8 Å². The molecule has 2 heterocycles. The van der Waals surface area contributed by atoms with Crippen molar-refractivity contribution in [1.29, 1.82) is 0 Å². The van der Waals surface area contributed by atoms with Gasteiger partial charge in [0.15, 0.2) is 0 Å². The molecule has 0 spiro atoms. The number of nitrogens with two attached hydrogens (primary N) is 1. The Hall–Kier alpha value is -4.64. The third-order valence-electron chi connectivity index (χ3n) is 6.36. The molecule has 0 aliphatic heterocycles. The molecule has 3 atom stereocenters. The second kappa shape index (κ2) is 11.6. The summed E-state index contributed by atoms with van der Waals surface area (Å²) in [6.07, 6.45) is 3.86. The Kier molecular flexibility index (Phi) is 8.07. The highest BCUT2D eigenvalue weighted by Gasteiger charge is 2.24. The van der Waals surface area contributed by atoms with Crippen molar-refractivity contribution in [3.05, 3.63) is 72.1 Å². The lowest BCUT2D eigenvalue weighted by molar-refractivity contribution is -0.141. The van der Waals surface area contributed by atoms with Gasteiger partial charge in [0.1, 0.15) is 12.1 Å². The highest BCUT2D eigenvalue weighted by atomic mass is 16.4. The first-order valence-electron chi connectivity index (χ1n) is 12.2. The highest BCUT2D eigenvalue weighted by molar-refractivity contribution is 5.93. The number of amides is 3. The first kappa shape index (κ1) is 26.4. The van der Waals surface area contributed by atoms with Crippen molar-refractivity contribution < 1.29 is 24.3 Å². The highest BCUT2D eigenvalue weighted by Crippen LogP contribution is 2.20. The molecule has 0 aliphatic carbocycles. The lowest BCUT2D eigenvalue weighted by atomic mass is 10.0. The Labute approximate surface area is 218 Å². The fourth-order valence-electron chi connectivity index (χ4n) is 4.30. The van der Waals surface area contributed by atoms with Gasteiger partial charge in [0.2, 0.25) is 17.7 Å². The zero-order valence-corrected chi connectivity index (χ0v) is 20.8. The number of fused-ring (bicyclic) bond motifs is 2. The predicted octanol–water partition coefficient (Wildman–Crippen LogP) is 0.952. The Morgan fingerprint density at radius 2 is 1.39 bits per heavy atom. The number of H-pyrrole nitrogens is 2.